The highest BCUT2D eigenvalue weighted by Crippen LogP contribution is 2.11. The summed E-state index contributed by atoms with van der Waals surface area (Å²) in [6.07, 6.45) is 7.28. The third-order valence-electron chi connectivity index (χ3n) is 3.50. The van der Waals surface area contributed by atoms with Crippen LogP contribution in [-0.2, 0) is 6.54 Å². The van der Waals surface area contributed by atoms with E-state index in [1.54, 1.807) is 0 Å². The Kier molecular flexibility index (Phi) is 5.05. The molecule has 4 nitrogen and oxygen atoms in total. The van der Waals surface area contributed by atoms with Crippen LogP contribution in [0.3, 0.4) is 0 Å². The number of anilines is 1. The van der Waals surface area contributed by atoms with Crippen molar-refractivity contribution >= 4 is 5.95 Å². The van der Waals surface area contributed by atoms with Gasteiger partial charge in [0, 0.05) is 19.3 Å². The van der Waals surface area contributed by atoms with Gasteiger partial charge in [0.05, 0.1) is 5.69 Å². The van der Waals surface area contributed by atoms with E-state index < -0.39 is 0 Å². The lowest BCUT2D eigenvalue weighted by Gasteiger charge is -2.15. The first-order valence-electron chi connectivity index (χ1n) is 7.29. The van der Waals surface area contributed by atoms with Gasteiger partial charge in [-0.05, 0) is 52.2 Å². The summed E-state index contributed by atoms with van der Waals surface area (Å²) in [4.78, 5) is 7.11. The molecule has 4 heteroatoms. The highest BCUT2D eigenvalue weighted by Gasteiger charge is 2.11. The fraction of sp³-hybridized carbons (Fsp3) is 0.786. The number of hydrogen-bond donors (Lipinski definition) is 1. The summed E-state index contributed by atoms with van der Waals surface area (Å²) in [5, 5.41) is 3.40. The van der Waals surface area contributed by atoms with E-state index in [-0.39, 0.29) is 0 Å². The standard InChI is InChI=1S/C14H26N4/c1-3-7-15-14-16-13(2)12-18(14)11-6-10-17-8-4-5-9-17/h12H,3-11H2,1-2H3,(H,15,16). The number of nitrogens with zero attached hydrogens (tertiary/aromatic N) is 3. The van der Waals surface area contributed by atoms with Crippen molar-refractivity contribution in [3.63, 3.8) is 0 Å². The lowest BCUT2D eigenvalue weighted by molar-refractivity contribution is 0.325. The average molecular weight is 250 g/mol. The van der Waals surface area contributed by atoms with Crippen molar-refractivity contribution in [2.75, 3.05) is 31.5 Å². The summed E-state index contributed by atoms with van der Waals surface area (Å²) in [7, 11) is 0. The quantitative estimate of drug-likeness (QED) is 0.807. The van der Waals surface area contributed by atoms with E-state index in [0.29, 0.717) is 0 Å². The normalized spacial score (nSPS) is 16.3. The van der Waals surface area contributed by atoms with Crippen LogP contribution in [-0.4, -0.2) is 40.6 Å². The van der Waals surface area contributed by atoms with Gasteiger partial charge in [0.2, 0.25) is 5.95 Å². The Morgan fingerprint density at radius 1 is 1.28 bits per heavy atom. The molecule has 2 heterocycles. The lowest BCUT2D eigenvalue weighted by atomic mass is 10.4. The first-order valence-corrected chi connectivity index (χ1v) is 7.29. The molecule has 1 fully saturated rings. The molecule has 1 aliphatic heterocycles. The topological polar surface area (TPSA) is 33.1 Å². The molecule has 0 radical (unpaired) electrons. The molecular formula is C14H26N4. The predicted molar refractivity (Wildman–Crippen MR) is 76.0 cm³/mol. The third-order valence-corrected chi connectivity index (χ3v) is 3.50. The van der Waals surface area contributed by atoms with Gasteiger partial charge in [-0.2, -0.15) is 0 Å². The Morgan fingerprint density at radius 2 is 2.06 bits per heavy atom. The third kappa shape index (κ3) is 3.73. The first-order chi connectivity index (χ1) is 8.79. The van der Waals surface area contributed by atoms with Crippen LogP contribution in [0.2, 0.25) is 0 Å². The van der Waals surface area contributed by atoms with Gasteiger partial charge >= 0.3 is 0 Å². The number of aromatic nitrogens is 2. The molecule has 0 amide bonds. The zero-order valence-electron chi connectivity index (χ0n) is 11.8. The van der Waals surface area contributed by atoms with E-state index in [4.69, 9.17) is 0 Å². The first kappa shape index (κ1) is 13.4. The largest absolute Gasteiger partial charge is 0.356 e. The van der Waals surface area contributed by atoms with Crippen molar-refractivity contribution in [1.29, 1.82) is 0 Å². The molecule has 1 aromatic rings. The van der Waals surface area contributed by atoms with Crippen LogP contribution in [0.4, 0.5) is 5.95 Å². The van der Waals surface area contributed by atoms with E-state index in [1.807, 2.05) is 0 Å². The summed E-state index contributed by atoms with van der Waals surface area (Å²) in [6, 6.07) is 0. The molecule has 2 rings (SSSR count). The van der Waals surface area contributed by atoms with Crippen molar-refractivity contribution in [2.24, 2.45) is 0 Å². The molecule has 1 N–H and O–H groups in total. The minimum atomic E-state index is 1.00. The molecule has 18 heavy (non-hydrogen) atoms. The summed E-state index contributed by atoms with van der Waals surface area (Å²) >= 11 is 0. The number of likely N-dealkylation sites (tertiary alicyclic amines) is 1. The van der Waals surface area contributed by atoms with Crippen LogP contribution in [0.25, 0.3) is 0 Å². The molecule has 0 aliphatic carbocycles. The smallest absolute Gasteiger partial charge is 0.203 e. The summed E-state index contributed by atoms with van der Waals surface area (Å²) < 4.78 is 2.26. The highest BCUT2D eigenvalue weighted by molar-refractivity contribution is 5.28. The van der Waals surface area contributed by atoms with Crippen molar-refractivity contribution in [2.45, 2.75) is 46.1 Å². The molecule has 1 aromatic heterocycles. The molecule has 0 atom stereocenters. The fourth-order valence-electron chi connectivity index (χ4n) is 2.57. The van der Waals surface area contributed by atoms with Gasteiger partial charge < -0.3 is 14.8 Å². The van der Waals surface area contributed by atoms with Crippen LogP contribution >= 0.6 is 0 Å². The van der Waals surface area contributed by atoms with E-state index in [2.05, 4.69) is 39.8 Å². The van der Waals surface area contributed by atoms with Crippen molar-refractivity contribution in [3.8, 4) is 0 Å². The predicted octanol–water partition coefficient (Wildman–Crippen LogP) is 2.50. The molecule has 0 saturated carbocycles. The van der Waals surface area contributed by atoms with Crippen molar-refractivity contribution < 1.29 is 0 Å². The monoisotopic (exact) mass is 250 g/mol. The SMILES string of the molecule is CCCNc1nc(C)cn1CCCN1CCCC1. The average Bonchev–Trinajstić information content (AvgIpc) is 2.97. The second-order valence-electron chi connectivity index (χ2n) is 5.23. The Hall–Kier alpha value is -1.03. The summed E-state index contributed by atoms with van der Waals surface area (Å²) in [5.41, 5.74) is 1.11. The number of hydrogen-bond acceptors (Lipinski definition) is 3. The van der Waals surface area contributed by atoms with E-state index >= 15 is 0 Å². The van der Waals surface area contributed by atoms with Gasteiger partial charge in [0.15, 0.2) is 0 Å². The molecule has 1 aliphatic rings. The minimum Gasteiger partial charge on any atom is -0.356 e. The van der Waals surface area contributed by atoms with Crippen molar-refractivity contribution in [3.05, 3.63) is 11.9 Å². The summed E-state index contributed by atoms with van der Waals surface area (Å²) in [5.74, 6) is 1.04. The van der Waals surface area contributed by atoms with Gasteiger partial charge in [-0.3, -0.25) is 0 Å². The number of imidazole rings is 1. The van der Waals surface area contributed by atoms with Crippen molar-refractivity contribution in [1.82, 2.24) is 14.5 Å². The molecule has 0 unspecified atom stereocenters. The fourth-order valence-corrected chi connectivity index (χ4v) is 2.57. The van der Waals surface area contributed by atoms with Gasteiger partial charge in [0.25, 0.3) is 0 Å². The molecular weight excluding hydrogens is 224 g/mol. The van der Waals surface area contributed by atoms with Gasteiger partial charge in [-0.1, -0.05) is 6.92 Å². The van der Waals surface area contributed by atoms with Crippen LogP contribution in [0.1, 0.15) is 38.3 Å². The molecule has 0 bridgehead atoms. The molecule has 1 saturated heterocycles. The second kappa shape index (κ2) is 6.78. The Balaban J connectivity index is 1.79. The van der Waals surface area contributed by atoms with E-state index in [0.717, 1.165) is 31.2 Å². The minimum absolute atomic E-state index is 1.00. The molecule has 102 valence electrons. The lowest BCUT2D eigenvalue weighted by Crippen LogP contribution is -2.21. The summed E-state index contributed by atoms with van der Waals surface area (Å²) in [6.45, 7) is 10.1. The zero-order valence-corrected chi connectivity index (χ0v) is 11.8. The number of rotatable bonds is 7. The number of aryl methyl sites for hydroxylation is 2. The Labute approximate surface area is 110 Å². The second-order valence-corrected chi connectivity index (χ2v) is 5.23. The Bertz CT molecular complexity index is 353. The van der Waals surface area contributed by atoms with E-state index in [1.165, 1.54) is 38.9 Å². The van der Waals surface area contributed by atoms with Crippen LogP contribution in [0.15, 0.2) is 6.20 Å². The highest BCUT2D eigenvalue weighted by atomic mass is 15.2. The Morgan fingerprint density at radius 3 is 2.78 bits per heavy atom. The number of nitrogens with one attached hydrogen (secondary N) is 1. The maximum Gasteiger partial charge on any atom is 0.203 e. The van der Waals surface area contributed by atoms with Gasteiger partial charge in [0.1, 0.15) is 0 Å². The van der Waals surface area contributed by atoms with Gasteiger partial charge in [-0.15, -0.1) is 0 Å². The maximum atomic E-state index is 4.54. The molecule has 0 spiro atoms. The zero-order chi connectivity index (χ0) is 12.8. The van der Waals surface area contributed by atoms with Crippen LogP contribution < -0.4 is 5.32 Å². The van der Waals surface area contributed by atoms with Crippen LogP contribution in [0, 0.1) is 6.92 Å². The van der Waals surface area contributed by atoms with Crippen LogP contribution in [0.5, 0.6) is 0 Å². The molecule has 0 aromatic carbocycles. The maximum absolute atomic E-state index is 4.54. The van der Waals surface area contributed by atoms with Gasteiger partial charge in [-0.25, -0.2) is 4.98 Å². The van der Waals surface area contributed by atoms with E-state index in [9.17, 15) is 0 Å².